The van der Waals surface area contributed by atoms with Gasteiger partial charge in [-0.2, -0.15) is 5.10 Å². The number of hydrogen-bond donors (Lipinski definition) is 1. The van der Waals surface area contributed by atoms with E-state index in [-0.39, 0.29) is 5.91 Å². The quantitative estimate of drug-likeness (QED) is 0.947. The van der Waals surface area contributed by atoms with Gasteiger partial charge in [0.15, 0.2) is 0 Å². The highest BCUT2D eigenvalue weighted by Gasteiger charge is 2.11. The Balaban J connectivity index is 2.24. The number of rotatable bonds is 3. The molecular weight excluding hydrogens is 294 g/mol. The van der Waals surface area contributed by atoms with E-state index in [1.807, 2.05) is 18.2 Å². The number of nitrogens with zero attached hydrogens (tertiary/aromatic N) is 2. The zero-order valence-corrected chi connectivity index (χ0v) is 11.9. The summed E-state index contributed by atoms with van der Waals surface area (Å²) in [4.78, 5) is 12.1. The predicted molar refractivity (Wildman–Crippen MR) is 74.7 cm³/mol. The van der Waals surface area contributed by atoms with Gasteiger partial charge in [0.2, 0.25) is 0 Å². The molecule has 1 aromatic carbocycles. The van der Waals surface area contributed by atoms with Gasteiger partial charge in [0.05, 0.1) is 0 Å². The van der Waals surface area contributed by atoms with Crippen LogP contribution < -0.4 is 5.32 Å². The second-order valence-electron chi connectivity index (χ2n) is 3.95. The Morgan fingerprint density at radius 1 is 1.44 bits per heavy atom. The number of carbonyl (C=O) groups is 1. The number of carbonyl (C=O) groups excluding carboxylic acids is 1. The van der Waals surface area contributed by atoms with Gasteiger partial charge in [-0.3, -0.25) is 9.48 Å². The van der Waals surface area contributed by atoms with Crippen LogP contribution in [0.3, 0.4) is 0 Å². The molecule has 0 saturated carbocycles. The van der Waals surface area contributed by atoms with Crippen molar-refractivity contribution in [3.05, 3.63) is 46.2 Å². The molecule has 0 aliphatic rings. The van der Waals surface area contributed by atoms with Crippen LogP contribution in [0.5, 0.6) is 0 Å². The SMILES string of the molecule is CCc1cc(Br)ccc1NC(=O)c1ccnn1C. The van der Waals surface area contributed by atoms with Crippen LogP contribution in [-0.2, 0) is 13.5 Å². The van der Waals surface area contributed by atoms with Crippen LogP contribution in [0.1, 0.15) is 23.0 Å². The van der Waals surface area contributed by atoms with Crippen LogP contribution >= 0.6 is 15.9 Å². The lowest BCUT2D eigenvalue weighted by atomic mass is 10.1. The van der Waals surface area contributed by atoms with Crippen molar-refractivity contribution in [1.29, 1.82) is 0 Å². The smallest absolute Gasteiger partial charge is 0.273 e. The van der Waals surface area contributed by atoms with Gasteiger partial charge < -0.3 is 5.32 Å². The van der Waals surface area contributed by atoms with Gasteiger partial charge in [0, 0.05) is 23.4 Å². The Hall–Kier alpha value is -1.62. The van der Waals surface area contributed by atoms with Crippen LogP contribution in [-0.4, -0.2) is 15.7 Å². The van der Waals surface area contributed by atoms with E-state index >= 15 is 0 Å². The van der Waals surface area contributed by atoms with E-state index in [0.29, 0.717) is 5.69 Å². The van der Waals surface area contributed by atoms with Gasteiger partial charge in [0.1, 0.15) is 5.69 Å². The summed E-state index contributed by atoms with van der Waals surface area (Å²) in [5.41, 5.74) is 2.48. The fraction of sp³-hybridized carbons (Fsp3) is 0.231. The van der Waals surface area contributed by atoms with E-state index in [2.05, 4.69) is 33.3 Å². The second-order valence-corrected chi connectivity index (χ2v) is 4.86. The first kappa shape index (κ1) is 12.8. The first-order valence-electron chi connectivity index (χ1n) is 5.69. The third kappa shape index (κ3) is 2.61. The zero-order chi connectivity index (χ0) is 13.1. The first-order valence-corrected chi connectivity index (χ1v) is 6.49. The molecule has 1 heterocycles. The number of amides is 1. The van der Waals surface area contributed by atoms with Gasteiger partial charge >= 0.3 is 0 Å². The molecule has 1 amide bonds. The summed E-state index contributed by atoms with van der Waals surface area (Å²) >= 11 is 3.43. The van der Waals surface area contributed by atoms with Crippen molar-refractivity contribution in [2.45, 2.75) is 13.3 Å². The molecule has 0 aliphatic heterocycles. The maximum absolute atomic E-state index is 12.1. The lowest BCUT2D eigenvalue weighted by Gasteiger charge is -2.10. The monoisotopic (exact) mass is 307 g/mol. The molecule has 0 fully saturated rings. The fourth-order valence-corrected chi connectivity index (χ4v) is 2.17. The predicted octanol–water partition coefficient (Wildman–Crippen LogP) is 3.00. The molecule has 94 valence electrons. The molecule has 0 atom stereocenters. The Morgan fingerprint density at radius 3 is 2.83 bits per heavy atom. The summed E-state index contributed by atoms with van der Waals surface area (Å²) in [5, 5.41) is 6.90. The second kappa shape index (κ2) is 5.35. The highest BCUT2D eigenvalue weighted by molar-refractivity contribution is 9.10. The van der Waals surface area contributed by atoms with Crippen molar-refractivity contribution >= 4 is 27.5 Å². The summed E-state index contributed by atoms with van der Waals surface area (Å²) in [6, 6.07) is 7.52. The highest BCUT2D eigenvalue weighted by atomic mass is 79.9. The number of anilines is 1. The molecule has 2 aromatic rings. The highest BCUT2D eigenvalue weighted by Crippen LogP contribution is 2.22. The van der Waals surface area contributed by atoms with E-state index in [1.165, 1.54) is 0 Å². The van der Waals surface area contributed by atoms with Crippen molar-refractivity contribution in [3.63, 3.8) is 0 Å². The van der Waals surface area contributed by atoms with Gasteiger partial charge in [-0.05, 0) is 36.2 Å². The summed E-state index contributed by atoms with van der Waals surface area (Å²) in [6.07, 6.45) is 2.47. The third-order valence-corrected chi connectivity index (χ3v) is 3.24. The van der Waals surface area contributed by atoms with E-state index in [1.54, 1.807) is 24.0 Å². The lowest BCUT2D eigenvalue weighted by molar-refractivity contribution is 0.101. The molecule has 0 radical (unpaired) electrons. The maximum atomic E-state index is 12.1. The van der Waals surface area contributed by atoms with Crippen LogP contribution in [0.25, 0.3) is 0 Å². The number of benzene rings is 1. The number of hydrogen-bond acceptors (Lipinski definition) is 2. The fourth-order valence-electron chi connectivity index (χ4n) is 1.76. The van der Waals surface area contributed by atoms with Gasteiger partial charge in [-0.1, -0.05) is 22.9 Å². The van der Waals surface area contributed by atoms with E-state index < -0.39 is 0 Å². The Labute approximate surface area is 114 Å². The van der Waals surface area contributed by atoms with Crippen LogP contribution in [0.4, 0.5) is 5.69 Å². The van der Waals surface area contributed by atoms with Crippen molar-refractivity contribution in [2.75, 3.05) is 5.32 Å². The molecule has 0 bridgehead atoms. The van der Waals surface area contributed by atoms with E-state index in [9.17, 15) is 4.79 Å². The normalized spacial score (nSPS) is 10.4. The first-order chi connectivity index (χ1) is 8.61. The molecule has 0 spiro atoms. The number of aryl methyl sites for hydroxylation is 2. The summed E-state index contributed by atoms with van der Waals surface area (Å²) in [6.45, 7) is 2.06. The third-order valence-electron chi connectivity index (χ3n) is 2.75. The molecule has 1 aromatic heterocycles. The van der Waals surface area contributed by atoms with Crippen molar-refractivity contribution < 1.29 is 4.79 Å². The molecule has 4 nitrogen and oxygen atoms in total. The van der Waals surface area contributed by atoms with Gasteiger partial charge in [-0.25, -0.2) is 0 Å². The van der Waals surface area contributed by atoms with Crippen LogP contribution in [0.15, 0.2) is 34.9 Å². The topological polar surface area (TPSA) is 46.9 Å². The minimum absolute atomic E-state index is 0.146. The average Bonchev–Trinajstić information content (AvgIpc) is 2.77. The van der Waals surface area contributed by atoms with E-state index in [0.717, 1.165) is 22.1 Å². The summed E-state index contributed by atoms with van der Waals surface area (Å²) in [7, 11) is 1.75. The van der Waals surface area contributed by atoms with Crippen molar-refractivity contribution in [1.82, 2.24) is 9.78 Å². The summed E-state index contributed by atoms with van der Waals surface area (Å²) in [5.74, 6) is -0.146. The maximum Gasteiger partial charge on any atom is 0.273 e. The van der Waals surface area contributed by atoms with Crippen LogP contribution in [0, 0.1) is 0 Å². The van der Waals surface area contributed by atoms with Gasteiger partial charge in [0.25, 0.3) is 5.91 Å². The Bertz CT molecular complexity index is 577. The Morgan fingerprint density at radius 2 is 2.22 bits per heavy atom. The number of nitrogens with one attached hydrogen (secondary N) is 1. The largest absolute Gasteiger partial charge is 0.320 e. The molecule has 5 heteroatoms. The van der Waals surface area contributed by atoms with Crippen molar-refractivity contribution in [3.8, 4) is 0 Å². The van der Waals surface area contributed by atoms with E-state index in [4.69, 9.17) is 0 Å². The average molecular weight is 308 g/mol. The molecule has 0 saturated heterocycles. The standard InChI is InChI=1S/C13H14BrN3O/c1-3-9-8-10(14)4-5-11(9)16-13(18)12-6-7-15-17(12)2/h4-8H,3H2,1-2H3,(H,16,18). The molecule has 0 unspecified atom stereocenters. The number of halogens is 1. The molecular formula is C13H14BrN3O. The van der Waals surface area contributed by atoms with Crippen LogP contribution in [0.2, 0.25) is 0 Å². The zero-order valence-electron chi connectivity index (χ0n) is 10.3. The molecule has 18 heavy (non-hydrogen) atoms. The Kier molecular flexibility index (Phi) is 3.81. The minimum Gasteiger partial charge on any atom is -0.320 e. The molecule has 1 N–H and O–H groups in total. The summed E-state index contributed by atoms with van der Waals surface area (Å²) < 4.78 is 2.57. The molecule has 2 rings (SSSR count). The molecule has 0 aliphatic carbocycles. The lowest BCUT2D eigenvalue weighted by Crippen LogP contribution is -2.17. The van der Waals surface area contributed by atoms with Gasteiger partial charge in [-0.15, -0.1) is 0 Å². The van der Waals surface area contributed by atoms with Crippen molar-refractivity contribution in [2.24, 2.45) is 7.05 Å². The number of aromatic nitrogens is 2. The minimum atomic E-state index is -0.146.